The van der Waals surface area contributed by atoms with Crippen LogP contribution in [0.25, 0.3) is 10.9 Å². The van der Waals surface area contributed by atoms with Crippen LogP contribution in [0.3, 0.4) is 0 Å². The average molecular weight is 509 g/mol. The molecule has 0 saturated carbocycles. The third-order valence-electron chi connectivity index (χ3n) is 4.34. The number of hydrogen-bond donors (Lipinski definition) is 2. The molecule has 2 aromatic carbocycles. The summed E-state index contributed by atoms with van der Waals surface area (Å²) in [7, 11) is -1.14. The van der Waals surface area contributed by atoms with Gasteiger partial charge in [-0.2, -0.15) is 13.2 Å². The minimum absolute atomic E-state index is 0. The van der Waals surface area contributed by atoms with Gasteiger partial charge in [0.1, 0.15) is 17.9 Å². The number of hydrogen-bond acceptors (Lipinski definition) is 8. The van der Waals surface area contributed by atoms with Crippen LogP contribution in [-0.2, 0) is 16.6 Å². The standard InChI is InChI=1S/C19H19F3N4O5S.ClH/c1-29-16-6-13-14(7-17(16)30-2)25-10-26-18(13)24-8-11-5-12(32(23,27)28)3-4-15(11)31-9-19(20,21)22;/h3-7,10H,8-9H2,1-2H3,(H2,23,27,28)(H,24,25,26);1H. The summed E-state index contributed by atoms with van der Waals surface area (Å²) in [4.78, 5) is 8.05. The van der Waals surface area contributed by atoms with E-state index in [0.717, 1.165) is 18.2 Å². The van der Waals surface area contributed by atoms with Gasteiger partial charge in [0.05, 0.1) is 24.6 Å². The number of ether oxygens (including phenoxy) is 3. The summed E-state index contributed by atoms with van der Waals surface area (Å²) < 4.78 is 76.6. The molecular weight excluding hydrogens is 489 g/mol. The van der Waals surface area contributed by atoms with Crippen LogP contribution in [0.15, 0.2) is 41.6 Å². The summed E-state index contributed by atoms with van der Waals surface area (Å²) >= 11 is 0. The molecule has 3 rings (SSSR count). The zero-order valence-electron chi connectivity index (χ0n) is 17.3. The van der Waals surface area contributed by atoms with E-state index in [2.05, 4.69) is 15.3 Å². The lowest BCUT2D eigenvalue weighted by Gasteiger charge is -2.16. The van der Waals surface area contributed by atoms with Gasteiger partial charge < -0.3 is 19.5 Å². The molecule has 0 spiro atoms. The molecule has 14 heteroatoms. The van der Waals surface area contributed by atoms with Gasteiger partial charge >= 0.3 is 6.18 Å². The van der Waals surface area contributed by atoms with Gasteiger partial charge in [-0.1, -0.05) is 0 Å². The number of aromatic nitrogens is 2. The molecule has 0 amide bonds. The van der Waals surface area contributed by atoms with E-state index < -0.39 is 22.8 Å². The number of nitrogens with zero attached hydrogens (tertiary/aromatic N) is 2. The van der Waals surface area contributed by atoms with Crippen molar-refractivity contribution in [2.24, 2.45) is 5.14 Å². The van der Waals surface area contributed by atoms with Crippen LogP contribution in [0.4, 0.5) is 19.0 Å². The highest BCUT2D eigenvalue weighted by Crippen LogP contribution is 2.34. The summed E-state index contributed by atoms with van der Waals surface area (Å²) in [6.07, 6.45) is -3.28. The van der Waals surface area contributed by atoms with Crippen molar-refractivity contribution in [2.75, 3.05) is 26.1 Å². The molecule has 3 N–H and O–H groups in total. The SMILES string of the molecule is COc1cc2ncnc(NCc3cc(S(N)(=O)=O)ccc3OCC(F)(F)F)c2cc1OC.Cl. The fourth-order valence-corrected chi connectivity index (χ4v) is 3.44. The van der Waals surface area contributed by atoms with Gasteiger partial charge in [-0.05, 0) is 24.3 Å². The Kier molecular flexibility index (Phi) is 8.16. The molecule has 0 aliphatic heterocycles. The molecule has 0 aliphatic rings. The third kappa shape index (κ3) is 6.49. The average Bonchev–Trinajstić information content (AvgIpc) is 2.74. The van der Waals surface area contributed by atoms with E-state index in [1.54, 1.807) is 12.1 Å². The Balaban J connectivity index is 0.00000385. The Labute approximate surface area is 193 Å². The largest absolute Gasteiger partial charge is 0.493 e. The fourth-order valence-electron chi connectivity index (χ4n) is 2.87. The second-order valence-electron chi connectivity index (χ2n) is 6.52. The lowest BCUT2D eigenvalue weighted by Crippen LogP contribution is -2.20. The summed E-state index contributed by atoms with van der Waals surface area (Å²) in [6.45, 7) is -1.65. The van der Waals surface area contributed by atoms with Gasteiger partial charge in [-0.25, -0.2) is 23.5 Å². The van der Waals surface area contributed by atoms with Gasteiger partial charge in [-0.3, -0.25) is 0 Å². The number of primary sulfonamides is 1. The number of halogens is 4. The maximum atomic E-state index is 12.6. The summed E-state index contributed by atoms with van der Waals surface area (Å²) in [5, 5.41) is 8.66. The second kappa shape index (κ2) is 10.3. The molecule has 3 aromatic rings. The third-order valence-corrected chi connectivity index (χ3v) is 5.25. The molecule has 9 nitrogen and oxygen atoms in total. The van der Waals surface area contributed by atoms with Crippen LogP contribution >= 0.6 is 12.4 Å². The molecule has 33 heavy (non-hydrogen) atoms. The molecule has 0 unspecified atom stereocenters. The first-order valence-electron chi connectivity index (χ1n) is 8.97. The zero-order valence-corrected chi connectivity index (χ0v) is 19.0. The van der Waals surface area contributed by atoms with Gasteiger partial charge in [-0.15, -0.1) is 12.4 Å². The number of alkyl halides is 3. The van der Waals surface area contributed by atoms with Crippen LogP contribution in [-0.4, -0.2) is 45.4 Å². The Morgan fingerprint density at radius 2 is 1.70 bits per heavy atom. The highest BCUT2D eigenvalue weighted by Gasteiger charge is 2.29. The van der Waals surface area contributed by atoms with Gasteiger partial charge in [0, 0.05) is 23.6 Å². The molecule has 180 valence electrons. The van der Waals surface area contributed by atoms with Crippen molar-refractivity contribution in [3.63, 3.8) is 0 Å². The van der Waals surface area contributed by atoms with Crippen LogP contribution < -0.4 is 24.7 Å². The number of nitrogens with two attached hydrogens (primary N) is 1. The Hall–Kier alpha value is -3.03. The highest BCUT2D eigenvalue weighted by molar-refractivity contribution is 7.89. The van der Waals surface area contributed by atoms with E-state index in [-0.39, 0.29) is 35.2 Å². The van der Waals surface area contributed by atoms with Crippen LogP contribution in [0.2, 0.25) is 0 Å². The number of methoxy groups -OCH3 is 2. The van der Waals surface area contributed by atoms with E-state index in [9.17, 15) is 21.6 Å². The number of sulfonamides is 1. The maximum absolute atomic E-state index is 12.6. The predicted molar refractivity (Wildman–Crippen MR) is 117 cm³/mol. The number of rotatable bonds is 8. The van der Waals surface area contributed by atoms with E-state index in [0.29, 0.717) is 28.2 Å². The van der Waals surface area contributed by atoms with Crippen molar-refractivity contribution >= 4 is 39.2 Å². The molecule has 0 fully saturated rings. The zero-order chi connectivity index (χ0) is 23.5. The summed E-state index contributed by atoms with van der Waals surface area (Å²) in [5.41, 5.74) is 0.653. The molecule has 1 aromatic heterocycles. The highest BCUT2D eigenvalue weighted by atomic mass is 35.5. The normalized spacial score (nSPS) is 11.6. The van der Waals surface area contributed by atoms with Crippen molar-refractivity contribution in [2.45, 2.75) is 17.6 Å². The quantitative estimate of drug-likeness (QED) is 0.475. The molecule has 1 heterocycles. The van der Waals surface area contributed by atoms with E-state index in [1.165, 1.54) is 20.5 Å². The summed E-state index contributed by atoms with van der Waals surface area (Å²) in [5.74, 6) is 1.05. The van der Waals surface area contributed by atoms with Crippen molar-refractivity contribution < 1.29 is 35.8 Å². The van der Waals surface area contributed by atoms with Crippen molar-refractivity contribution in [3.05, 3.63) is 42.2 Å². The smallest absolute Gasteiger partial charge is 0.422 e. The monoisotopic (exact) mass is 508 g/mol. The number of benzene rings is 2. The second-order valence-corrected chi connectivity index (χ2v) is 8.08. The van der Waals surface area contributed by atoms with Crippen LogP contribution in [0.5, 0.6) is 17.2 Å². The number of anilines is 1. The van der Waals surface area contributed by atoms with E-state index in [4.69, 9.17) is 19.3 Å². The van der Waals surface area contributed by atoms with Crippen LogP contribution in [0.1, 0.15) is 5.56 Å². The van der Waals surface area contributed by atoms with Crippen molar-refractivity contribution in [1.82, 2.24) is 9.97 Å². The summed E-state index contributed by atoms with van der Waals surface area (Å²) in [6, 6.07) is 6.61. The molecule has 0 aliphatic carbocycles. The predicted octanol–water partition coefficient (Wildman–Crippen LogP) is 3.27. The minimum Gasteiger partial charge on any atom is -0.493 e. The lowest BCUT2D eigenvalue weighted by molar-refractivity contribution is -0.153. The first kappa shape index (κ1) is 26.2. The van der Waals surface area contributed by atoms with E-state index >= 15 is 0 Å². The van der Waals surface area contributed by atoms with Gasteiger partial charge in [0.25, 0.3) is 0 Å². The lowest BCUT2D eigenvalue weighted by atomic mass is 10.1. The van der Waals surface area contributed by atoms with E-state index in [1.807, 2.05) is 0 Å². The molecular formula is C19H20ClF3N4O5S. The van der Waals surface area contributed by atoms with Crippen LogP contribution in [0, 0.1) is 0 Å². The first-order valence-corrected chi connectivity index (χ1v) is 10.5. The maximum Gasteiger partial charge on any atom is 0.422 e. The fraction of sp³-hybridized carbons (Fsp3) is 0.263. The topological polar surface area (TPSA) is 126 Å². The Morgan fingerprint density at radius 1 is 1.03 bits per heavy atom. The molecule has 0 saturated heterocycles. The number of nitrogens with one attached hydrogen (secondary N) is 1. The van der Waals surface area contributed by atoms with Crippen molar-refractivity contribution in [3.8, 4) is 17.2 Å². The van der Waals surface area contributed by atoms with Crippen molar-refractivity contribution in [1.29, 1.82) is 0 Å². The molecule has 0 bridgehead atoms. The first-order chi connectivity index (χ1) is 15.0. The van der Waals surface area contributed by atoms with Gasteiger partial charge in [0.2, 0.25) is 10.0 Å². The number of fused-ring (bicyclic) bond motifs is 1. The Morgan fingerprint density at radius 3 is 2.30 bits per heavy atom. The minimum atomic E-state index is -4.57. The molecule has 0 atom stereocenters. The van der Waals surface area contributed by atoms with Gasteiger partial charge in [0.15, 0.2) is 18.1 Å². The Bertz CT molecular complexity index is 1240. The molecule has 0 radical (unpaired) electrons.